The predicted molar refractivity (Wildman–Crippen MR) is 120 cm³/mol. The van der Waals surface area contributed by atoms with Crippen LogP contribution in [-0.2, 0) is 18.4 Å². The van der Waals surface area contributed by atoms with Crippen molar-refractivity contribution in [3.63, 3.8) is 0 Å². The van der Waals surface area contributed by atoms with Gasteiger partial charge in [-0.15, -0.1) is 0 Å². The van der Waals surface area contributed by atoms with Crippen LogP contribution < -0.4 is 5.69 Å². The average Bonchev–Trinajstić information content (AvgIpc) is 3.02. The van der Waals surface area contributed by atoms with Crippen molar-refractivity contribution in [2.24, 2.45) is 0 Å². The largest absolute Gasteiger partial charge is 0.478 e. The highest BCUT2D eigenvalue weighted by molar-refractivity contribution is 5.95. The van der Waals surface area contributed by atoms with E-state index in [4.69, 9.17) is 0 Å². The Morgan fingerprint density at radius 1 is 1.07 bits per heavy atom. The fourth-order valence-electron chi connectivity index (χ4n) is 3.78. The van der Waals surface area contributed by atoms with Crippen molar-refractivity contribution in [2.75, 3.05) is 0 Å². The molecule has 0 amide bonds. The van der Waals surface area contributed by atoms with Gasteiger partial charge in [0.05, 0.1) is 5.56 Å². The first kappa shape index (κ1) is 21.6. The zero-order valence-electron chi connectivity index (χ0n) is 18.2. The summed E-state index contributed by atoms with van der Waals surface area (Å²) in [6.45, 7) is 9.16. The molecule has 0 aliphatic carbocycles. The Bertz CT molecular complexity index is 1080. The summed E-state index contributed by atoms with van der Waals surface area (Å²) in [7, 11) is 0. The van der Waals surface area contributed by atoms with Crippen LogP contribution >= 0.6 is 0 Å². The summed E-state index contributed by atoms with van der Waals surface area (Å²) in [5.41, 5.74) is 4.74. The molecule has 1 aromatic heterocycles. The van der Waals surface area contributed by atoms with Gasteiger partial charge in [-0.1, -0.05) is 76.6 Å². The van der Waals surface area contributed by atoms with E-state index in [2.05, 4.69) is 32.7 Å². The third-order valence-corrected chi connectivity index (χ3v) is 5.37. The van der Waals surface area contributed by atoms with E-state index < -0.39 is 5.97 Å². The Hall–Kier alpha value is -3.08. The molecule has 158 valence electrons. The summed E-state index contributed by atoms with van der Waals surface area (Å²) in [5.74, 6) is -0.934. The van der Waals surface area contributed by atoms with Crippen LogP contribution in [0, 0.1) is 0 Å². The zero-order chi connectivity index (χ0) is 21.9. The maximum absolute atomic E-state index is 12.6. The number of hydrogen-bond donors (Lipinski definition) is 2. The molecule has 2 N–H and O–H groups in total. The number of carboxylic acids is 1. The number of aromatic carboxylic acids is 1. The number of unbranched alkanes of at least 4 members (excludes halogenated alkanes) is 1. The minimum absolute atomic E-state index is 0.0459. The Labute approximate surface area is 177 Å². The number of imidazole rings is 1. The van der Waals surface area contributed by atoms with Crippen molar-refractivity contribution in [3.8, 4) is 11.1 Å². The first-order valence-electron chi connectivity index (χ1n) is 10.5. The highest BCUT2D eigenvalue weighted by Crippen LogP contribution is 2.27. The molecule has 0 saturated carbocycles. The van der Waals surface area contributed by atoms with E-state index in [1.807, 2.05) is 41.0 Å². The molecular weight excluding hydrogens is 376 g/mol. The minimum Gasteiger partial charge on any atom is -0.478 e. The molecule has 0 spiro atoms. The van der Waals surface area contributed by atoms with Crippen LogP contribution in [0.15, 0.2) is 53.3 Å². The lowest BCUT2D eigenvalue weighted by Gasteiger charge is -2.20. The van der Waals surface area contributed by atoms with Crippen LogP contribution in [0.3, 0.4) is 0 Å². The number of aromatic nitrogens is 2. The fourth-order valence-corrected chi connectivity index (χ4v) is 3.78. The molecular formula is C25H30N2O3. The van der Waals surface area contributed by atoms with Gasteiger partial charge in [-0.3, -0.25) is 4.57 Å². The van der Waals surface area contributed by atoms with E-state index in [9.17, 15) is 14.7 Å². The maximum atomic E-state index is 12.6. The number of aromatic amines is 1. The van der Waals surface area contributed by atoms with Crippen LogP contribution in [0.2, 0.25) is 0 Å². The van der Waals surface area contributed by atoms with Crippen molar-refractivity contribution >= 4 is 5.97 Å². The minimum atomic E-state index is -0.934. The summed E-state index contributed by atoms with van der Waals surface area (Å²) in [4.78, 5) is 27.2. The lowest BCUT2D eigenvalue weighted by Crippen LogP contribution is -2.19. The molecule has 0 radical (unpaired) electrons. The molecule has 0 bridgehead atoms. The summed E-state index contributed by atoms with van der Waals surface area (Å²) in [5, 5.41) is 9.45. The number of H-pyrrole nitrogens is 1. The van der Waals surface area contributed by atoms with Crippen LogP contribution in [0.1, 0.15) is 67.8 Å². The number of benzene rings is 2. The Morgan fingerprint density at radius 3 is 2.33 bits per heavy atom. The molecule has 30 heavy (non-hydrogen) atoms. The van der Waals surface area contributed by atoms with Gasteiger partial charge in [-0.2, -0.15) is 0 Å². The summed E-state index contributed by atoms with van der Waals surface area (Å²) in [6, 6.07) is 15.0. The van der Waals surface area contributed by atoms with Gasteiger partial charge >= 0.3 is 11.7 Å². The Balaban J connectivity index is 1.96. The number of nitrogens with one attached hydrogen (secondary N) is 1. The van der Waals surface area contributed by atoms with Crippen LogP contribution in [0.5, 0.6) is 0 Å². The summed E-state index contributed by atoms with van der Waals surface area (Å²) >= 11 is 0. The van der Waals surface area contributed by atoms with Gasteiger partial charge < -0.3 is 10.1 Å². The van der Waals surface area contributed by atoms with E-state index in [-0.39, 0.29) is 11.1 Å². The molecule has 0 atom stereocenters. The monoisotopic (exact) mass is 406 g/mol. The third kappa shape index (κ3) is 4.56. The molecule has 0 aliphatic heterocycles. The van der Waals surface area contributed by atoms with E-state index in [0.717, 1.165) is 35.4 Å². The first-order valence-corrected chi connectivity index (χ1v) is 10.5. The van der Waals surface area contributed by atoms with Crippen molar-refractivity contribution in [1.29, 1.82) is 0 Å². The average molecular weight is 407 g/mol. The quantitative estimate of drug-likeness (QED) is 0.564. The Morgan fingerprint density at radius 2 is 1.73 bits per heavy atom. The zero-order valence-corrected chi connectivity index (χ0v) is 18.2. The van der Waals surface area contributed by atoms with Gasteiger partial charge in [-0.25, -0.2) is 9.59 Å². The van der Waals surface area contributed by atoms with Gasteiger partial charge in [0.25, 0.3) is 0 Å². The lowest BCUT2D eigenvalue weighted by molar-refractivity contribution is 0.0697. The van der Waals surface area contributed by atoms with Crippen molar-refractivity contribution < 1.29 is 9.90 Å². The second kappa shape index (κ2) is 8.74. The lowest BCUT2D eigenvalue weighted by atomic mass is 9.89. The molecule has 3 aromatic rings. The first-order chi connectivity index (χ1) is 14.2. The number of carbonyl (C=O) groups is 1. The molecule has 0 aliphatic rings. The van der Waals surface area contributed by atoms with Crippen LogP contribution in [0.4, 0.5) is 0 Å². The van der Waals surface area contributed by atoms with Gasteiger partial charge in [0.15, 0.2) is 0 Å². The normalized spacial score (nSPS) is 11.6. The topological polar surface area (TPSA) is 75.1 Å². The smallest absolute Gasteiger partial charge is 0.336 e. The van der Waals surface area contributed by atoms with Crippen molar-refractivity contribution in [2.45, 2.75) is 58.9 Å². The molecule has 0 saturated heterocycles. The van der Waals surface area contributed by atoms with Crippen LogP contribution in [0.25, 0.3) is 11.1 Å². The van der Waals surface area contributed by atoms with E-state index >= 15 is 0 Å². The Kier molecular flexibility index (Phi) is 6.30. The van der Waals surface area contributed by atoms with Gasteiger partial charge in [-0.05, 0) is 29.2 Å². The summed E-state index contributed by atoms with van der Waals surface area (Å²) in [6.07, 6.45) is 2.63. The predicted octanol–water partition coefficient (Wildman–Crippen LogP) is 5.23. The second-order valence-electron chi connectivity index (χ2n) is 8.73. The summed E-state index contributed by atoms with van der Waals surface area (Å²) < 4.78 is 1.87. The highest BCUT2D eigenvalue weighted by Gasteiger charge is 2.24. The van der Waals surface area contributed by atoms with Crippen molar-refractivity contribution in [3.05, 3.63) is 81.5 Å². The highest BCUT2D eigenvalue weighted by atomic mass is 16.4. The van der Waals surface area contributed by atoms with Crippen molar-refractivity contribution in [1.82, 2.24) is 9.55 Å². The SMILES string of the molecule is CCCCn1c(Cc2ccc(-c3ccccc3C(=O)O)cc2)c(C(C)(C)C)[nH]c1=O. The third-order valence-electron chi connectivity index (χ3n) is 5.37. The van der Waals surface area contributed by atoms with Gasteiger partial charge in [0, 0.05) is 29.8 Å². The molecule has 1 heterocycles. The molecule has 0 fully saturated rings. The number of rotatable bonds is 7. The second-order valence-corrected chi connectivity index (χ2v) is 8.73. The van der Waals surface area contributed by atoms with Crippen LogP contribution in [-0.4, -0.2) is 20.6 Å². The molecule has 2 aromatic carbocycles. The molecule has 0 unspecified atom stereocenters. The maximum Gasteiger partial charge on any atom is 0.336 e. The number of nitrogens with zero attached hydrogens (tertiary/aromatic N) is 1. The fraction of sp³-hybridized carbons (Fsp3) is 0.360. The van der Waals surface area contributed by atoms with E-state index in [0.29, 0.717) is 24.1 Å². The molecule has 3 rings (SSSR count). The van der Waals surface area contributed by atoms with E-state index in [1.54, 1.807) is 12.1 Å². The number of carboxylic acid groups (broad SMARTS) is 1. The standard InChI is InChI=1S/C25H30N2O3/c1-5-6-15-27-21(22(25(2,3)4)26-24(27)30)16-17-11-13-18(14-12-17)19-9-7-8-10-20(19)23(28)29/h7-14H,5-6,15-16H2,1-4H3,(H,26,30)(H,28,29). The van der Waals surface area contributed by atoms with Gasteiger partial charge in [0.1, 0.15) is 0 Å². The molecule has 5 nitrogen and oxygen atoms in total. The van der Waals surface area contributed by atoms with E-state index in [1.165, 1.54) is 0 Å². The number of hydrogen-bond acceptors (Lipinski definition) is 2. The van der Waals surface area contributed by atoms with Gasteiger partial charge in [0.2, 0.25) is 0 Å². The molecule has 5 heteroatoms.